The van der Waals surface area contributed by atoms with Gasteiger partial charge in [0.15, 0.2) is 0 Å². The quantitative estimate of drug-likeness (QED) is 0.705. The van der Waals surface area contributed by atoms with Crippen molar-refractivity contribution >= 4 is 5.91 Å². The molecule has 116 valence electrons. The van der Waals surface area contributed by atoms with Crippen molar-refractivity contribution in [1.82, 2.24) is 4.90 Å². The minimum absolute atomic E-state index is 0.232. The molecule has 0 radical (unpaired) electrons. The van der Waals surface area contributed by atoms with E-state index in [1.165, 1.54) is 18.2 Å². The highest BCUT2D eigenvalue weighted by Crippen LogP contribution is 2.15. The van der Waals surface area contributed by atoms with Crippen molar-refractivity contribution in [2.45, 2.75) is 13.1 Å². The molecule has 0 N–H and O–H groups in total. The second-order valence-electron chi connectivity index (χ2n) is 5.24. The minimum Gasteiger partial charge on any atom is -0.467 e. The van der Waals surface area contributed by atoms with Gasteiger partial charge in [0.2, 0.25) is 0 Å². The number of hydrogen-bond donors (Lipinski definition) is 0. The van der Waals surface area contributed by atoms with E-state index in [1.54, 1.807) is 23.3 Å². The molecule has 4 heteroatoms. The average Bonchev–Trinajstić information content (AvgIpc) is 3.08. The van der Waals surface area contributed by atoms with Crippen LogP contribution in [0.15, 0.2) is 77.4 Å². The monoisotopic (exact) mass is 309 g/mol. The molecule has 3 aromatic rings. The predicted molar refractivity (Wildman–Crippen MR) is 85.1 cm³/mol. The fourth-order valence-corrected chi connectivity index (χ4v) is 2.40. The van der Waals surface area contributed by atoms with E-state index >= 15 is 0 Å². The topological polar surface area (TPSA) is 33.5 Å². The van der Waals surface area contributed by atoms with E-state index in [0.717, 1.165) is 5.56 Å². The van der Waals surface area contributed by atoms with E-state index in [0.29, 0.717) is 24.4 Å². The lowest BCUT2D eigenvalue weighted by Gasteiger charge is -2.22. The molecular weight excluding hydrogens is 293 g/mol. The summed E-state index contributed by atoms with van der Waals surface area (Å²) in [6, 6.07) is 19.0. The van der Waals surface area contributed by atoms with Gasteiger partial charge in [-0.2, -0.15) is 0 Å². The fourth-order valence-electron chi connectivity index (χ4n) is 2.40. The van der Waals surface area contributed by atoms with Crippen LogP contribution in [0.1, 0.15) is 21.7 Å². The molecule has 3 rings (SSSR count). The summed E-state index contributed by atoms with van der Waals surface area (Å²) in [5.74, 6) is 0.0314. The highest BCUT2D eigenvalue weighted by molar-refractivity contribution is 5.94. The molecular formula is C19H16FNO2. The SMILES string of the molecule is O=C(c1cccc(F)c1)N(Cc1ccccc1)Cc1ccco1. The van der Waals surface area contributed by atoms with Crippen LogP contribution in [0.4, 0.5) is 4.39 Å². The van der Waals surface area contributed by atoms with Gasteiger partial charge in [-0.05, 0) is 35.9 Å². The lowest BCUT2D eigenvalue weighted by molar-refractivity contribution is 0.0717. The molecule has 1 heterocycles. The molecule has 1 aromatic heterocycles. The molecule has 0 aliphatic carbocycles. The molecule has 0 saturated carbocycles. The molecule has 0 saturated heterocycles. The van der Waals surface area contributed by atoms with Crippen molar-refractivity contribution in [3.8, 4) is 0 Å². The zero-order valence-corrected chi connectivity index (χ0v) is 12.5. The number of benzene rings is 2. The maximum absolute atomic E-state index is 13.4. The summed E-state index contributed by atoms with van der Waals surface area (Å²) in [5.41, 5.74) is 1.33. The largest absolute Gasteiger partial charge is 0.467 e. The summed E-state index contributed by atoms with van der Waals surface area (Å²) in [6.45, 7) is 0.758. The third kappa shape index (κ3) is 3.86. The van der Waals surface area contributed by atoms with E-state index in [-0.39, 0.29) is 5.91 Å². The molecule has 3 nitrogen and oxygen atoms in total. The molecule has 0 fully saturated rings. The molecule has 0 aliphatic heterocycles. The first-order chi connectivity index (χ1) is 11.2. The van der Waals surface area contributed by atoms with Gasteiger partial charge in [-0.15, -0.1) is 0 Å². The Hall–Kier alpha value is -2.88. The highest BCUT2D eigenvalue weighted by atomic mass is 19.1. The molecule has 0 aliphatic rings. The van der Waals surface area contributed by atoms with Crippen LogP contribution < -0.4 is 0 Å². The zero-order valence-electron chi connectivity index (χ0n) is 12.5. The van der Waals surface area contributed by atoms with Crippen LogP contribution in [0.3, 0.4) is 0 Å². The van der Waals surface area contributed by atoms with Crippen molar-refractivity contribution < 1.29 is 13.6 Å². The first kappa shape index (κ1) is 15.0. The summed E-state index contributed by atoms with van der Waals surface area (Å²) in [5, 5.41) is 0. The van der Waals surface area contributed by atoms with Gasteiger partial charge in [-0.1, -0.05) is 36.4 Å². The minimum atomic E-state index is -0.423. The van der Waals surface area contributed by atoms with Gasteiger partial charge < -0.3 is 9.32 Å². The van der Waals surface area contributed by atoms with Gasteiger partial charge in [0, 0.05) is 12.1 Å². The van der Waals surface area contributed by atoms with Crippen LogP contribution in [-0.4, -0.2) is 10.8 Å². The second kappa shape index (κ2) is 6.92. The number of nitrogens with zero attached hydrogens (tertiary/aromatic N) is 1. The standard InChI is InChI=1S/C19H16FNO2/c20-17-9-4-8-16(12-17)19(22)21(14-18-10-5-11-23-18)13-15-6-2-1-3-7-15/h1-12H,13-14H2. The Kier molecular flexibility index (Phi) is 4.52. The number of hydrogen-bond acceptors (Lipinski definition) is 2. The van der Waals surface area contributed by atoms with Crippen molar-refractivity contribution in [1.29, 1.82) is 0 Å². The molecule has 0 unspecified atom stereocenters. The molecule has 0 bridgehead atoms. The lowest BCUT2D eigenvalue weighted by Crippen LogP contribution is -2.30. The smallest absolute Gasteiger partial charge is 0.254 e. The van der Waals surface area contributed by atoms with Crippen molar-refractivity contribution in [3.63, 3.8) is 0 Å². The Morgan fingerprint density at radius 3 is 2.48 bits per heavy atom. The van der Waals surface area contributed by atoms with Gasteiger partial charge in [-0.3, -0.25) is 4.79 Å². The zero-order chi connectivity index (χ0) is 16.1. The number of rotatable bonds is 5. The van der Waals surface area contributed by atoms with Gasteiger partial charge in [0.1, 0.15) is 11.6 Å². The van der Waals surface area contributed by atoms with E-state index < -0.39 is 5.82 Å². The van der Waals surface area contributed by atoms with Gasteiger partial charge in [0.25, 0.3) is 5.91 Å². The number of carbonyl (C=O) groups is 1. The Morgan fingerprint density at radius 2 is 1.78 bits per heavy atom. The fraction of sp³-hybridized carbons (Fsp3) is 0.105. The van der Waals surface area contributed by atoms with Crippen molar-refractivity contribution in [3.05, 3.63) is 95.7 Å². The van der Waals surface area contributed by atoms with Crippen LogP contribution in [-0.2, 0) is 13.1 Å². The third-order valence-corrected chi connectivity index (χ3v) is 3.50. The second-order valence-corrected chi connectivity index (χ2v) is 5.24. The van der Waals surface area contributed by atoms with Crippen molar-refractivity contribution in [2.75, 3.05) is 0 Å². The average molecular weight is 309 g/mol. The van der Waals surface area contributed by atoms with Crippen LogP contribution in [0.2, 0.25) is 0 Å². The Morgan fingerprint density at radius 1 is 0.957 bits per heavy atom. The van der Waals surface area contributed by atoms with E-state index in [4.69, 9.17) is 4.42 Å². The number of halogens is 1. The third-order valence-electron chi connectivity index (χ3n) is 3.50. The Bertz CT molecular complexity index is 769. The molecule has 23 heavy (non-hydrogen) atoms. The maximum atomic E-state index is 13.4. The van der Waals surface area contributed by atoms with Gasteiger partial charge in [0.05, 0.1) is 12.8 Å². The summed E-state index contributed by atoms with van der Waals surface area (Å²) < 4.78 is 18.7. The maximum Gasteiger partial charge on any atom is 0.254 e. The Labute approximate surface area is 134 Å². The van der Waals surface area contributed by atoms with E-state index in [2.05, 4.69) is 0 Å². The molecule has 0 atom stereocenters. The predicted octanol–water partition coefficient (Wildman–Crippen LogP) is 4.26. The molecule has 1 amide bonds. The number of carbonyl (C=O) groups excluding carboxylic acids is 1. The van der Waals surface area contributed by atoms with Crippen LogP contribution in [0, 0.1) is 5.82 Å². The van der Waals surface area contributed by atoms with Crippen molar-refractivity contribution in [2.24, 2.45) is 0 Å². The first-order valence-electron chi connectivity index (χ1n) is 7.33. The normalized spacial score (nSPS) is 10.5. The highest BCUT2D eigenvalue weighted by Gasteiger charge is 2.18. The van der Waals surface area contributed by atoms with Crippen LogP contribution >= 0.6 is 0 Å². The number of furan rings is 1. The van der Waals surface area contributed by atoms with E-state index in [1.807, 2.05) is 36.4 Å². The Balaban J connectivity index is 1.86. The summed E-state index contributed by atoms with van der Waals surface area (Å²) >= 11 is 0. The number of amides is 1. The summed E-state index contributed by atoms with van der Waals surface area (Å²) in [6.07, 6.45) is 1.57. The van der Waals surface area contributed by atoms with Crippen LogP contribution in [0.25, 0.3) is 0 Å². The van der Waals surface area contributed by atoms with E-state index in [9.17, 15) is 9.18 Å². The van der Waals surface area contributed by atoms with Crippen LogP contribution in [0.5, 0.6) is 0 Å². The van der Waals surface area contributed by atoms with Gasteiger partial charge in [-0.25, -0.2) is 4.39 Å². The summed E-state index contributed by atoms with van der Waals surface area (Å²) in [7, 11) is 0. The molecule has 0 spiro atoms. The lowest BCUT2D eigenvalue weighted by atomic mass is 10.1. The molecule has 2 aromatic carbocycles. The van der Waals surface area contributed by atoms with Gasteiger partial charge >= 0.3 is 0 Å². The summed E-state index contributed by atoms with van der Waals surface area (Å²) in [4.78, 5) is 14.4. The first-order valence-corrected chi connectivity index (χ1v) is 7.33.